The second-order valence-electron chi connectivity index (χ2n) is 12.7. The highest BCUT2D eigenvalue weighted by Crippen LogP contribution is 2.81. The SMILES string of the molecule is CCOC(=O)C1C2CC(C1C(=O)OCC)C1C3CC(C21)C1C2CC(C4C5C=CC(C5)C24)C31. The molecule has 16 atom stereocenters. The first-order valence-corrected chi connectivity index (χ1v) is 13.7. The van der Waals surface area contributed by atoms with E-state index in [9.17, 15) is 9.59 Å². The summed E-state index contributed by atoms with van der Waals surface area (Å²) in [6.45, 7) is 4.56. The van der Waals surface area contributed by atoms with E-state index < -0.39 is 0 Å². The number of fused-ring (bicyclic) bond motifs is 23. The molecule has 0 amide bonds. The molecular formula is C28H36O4. The number of rotatable bonds is 4. The smallest absolute Gasteiger partial charge is 0.310 e. The standard InChI is InChI=1S/C28H36O4/c1-3-31-27(29)25-17-10-18(26(25)28(30)32-4-2)24-16-9-15(23(17)24)21-13-8-14(22(16)21)20-12-6-5-11(7-12)19(13)20/h5-6,11-26H,3-4,7-10H2,1-2H3. The monoisotopic (exact) mass is 436 g/mol. The van der Waals surface area contributed by atoms with Crippen molar-refractivity contribution in [2.45, 2.75) is 39.5 Å². The van der Waals surface area contributed by atoms with Crippen molar-refractivity contribution in [3.63, 3.8) is 0 Å². The first-order chi connectivity index (χ1) is 15.6. The lowest BCUT2D eigenvalue weighted by Gasteiger charge is -2.51. The fourth-order valence-corrected chi connectivity index (χ4v) is 12.6. The highest BCUT2D eigenvalue weighted by Gasteiger charge is 2.78. The number of hydrogen-bond acceptors (Lipinski definition) is 4. The average Bonchev–Trinajstić information content (AvgIpc) is 3.61. The summed E-state index contributed by atoms with van der Waals surface area (Å²) in [4.78, 5) is 26.2. The summed E-state index contributed by atoms with van der Waals surface area (Å²) in [6, 6.07) is 0. The lowest BCUT2D eigenvalue weighted by Crippen LogP contribution is -2.51. The van der Waals surface area contributed by atoms with Crippen LogP contribution >= 0.6 is 0 Å². The zero-order valence-electron chi connectivity index (χ0n) is 19.3. The molecule has 16 unspecified atom stereocenters. The zero-order valence-corrected chi connectivity index (χ0v) is 19.3. The van der Waals surface area contributed by atoms with Gasteiger partial charge in [-0.05, 0) is 122 Å². The van der Waals surface area contributed by atoms with Crippen molar-refractivity contribution in [1.82, 2.24) is 0 Å². The van der Waals surface area contributed by atoms with Gasteiger partial charge in [0.15, 0.2) is 0 Å². The van der Waals surface area contributed by atoms with Gasteiger partial charge in [-0.15, -0.1) is 0 Å². The van der Waals surface area contributed by atoms with Crippen molar-refractivity contribution in [2.75, 3.05) is 13.2 Å². The number of carbonyl (C=O) groups is 2. The van der Waals surface area contributed by atoms with E-state index in [1.165, 1.54) is 19.3 Å². The molecule has 0 spiro atoms. The minimum Gasteiger partial charge on any atom is -0.466 e. The van der Waals surface area contributed by atoms with Crippen molar-refractivity contribution in [2.24, 2.45) is 94.7 Å². The second-order valence-corrected chi connectivity index (χ2v) is 12.7. The van der Waals surface area contributed by atoms with Crippen LogP contribution in [0.2, 0.25) is 0 Å². The summed E-state index contributed by atoms with van der Waals surface area (Å²) in [6.07, 6.45) is 10.5. The molecule has 32 heavy (non-hydrogen) atoms. The van der Waals surface area contributed by atoms with E-state index in [0.29, 0.717) is 36.9 Å². The van der Waals surface area contributed by atoms with Crippen molar-refractivity contribution in [3.8, 4) is 0 Å². The van der Waals surface area contributed by atoms with Crippen LogP contribution in [-0.4, -0.2) is 25.2 Å². The zero-order chi connectivity index (χ0) is 21.5. The molecule has 7 fully saturated rings. The molecule has 8 bridgehead atoms. The van der Waals surface area contributed by atoms with E-state index in [2.05, 4.69) is 12.2 Å². The lowest BCUT2D eigenvalue weighted by molar-refractivity contribution is -0.168. The number of carbonyl (C=O) groups excluding carboxylic acids is 2. The highest BCUT2D eigenvalue weighted by molar-refractivity contribution is 5.84. The normalized spacial score (nSPS) is 60.7. The largest absolute Gasteiger partial charge is 0.466 e. The van der Waals surface area contributed by atoms with Gasteiger partial charge >= 0.3 is 11.9 Å². The van der Waals surface area contributed by atoms with Crippen molar-refractivity contribution in [1.29, 1.82) is 0 Å². The quantitative estimate of drug-likeness (QED) is 0.377. The van der Waals surface area contributed by atoms with E-state index in [1.807, 2.05) is 13.8 Å². The van der Waals surface area contributed by atoms with Gasteiger partial charge in [-0.2, -0.15) is 0 Å². The first kappa shape index (κ1) is 19.0. The molecule has 0 aromatic carbocycles. The Morgan fingerprint density at radius 2 is 0.969 bits per heavy atom. The summed E-state index contributed by atoms with van der Waals surface area (Å²) in [7, 11) is 0. The predicted octanol–water partition coefficient (Wildman–Crippen LogP) is 4.20. The molecule has 0 aliphatic heterocycles. The van der Waals surface area contributed by atoms with Crippen LogP contribution in [0.15, 0.2) is 12.2 Å². The Kier molecular flexibility index (Phi) is 3.70. The van der Waals surface area contributed by atoms with Gasteiger partial charge in [0.2, 0.25) is 0 Å². The van der Waals surface area contributed by atoms with Crippen LogP contribution < -0.4 is 0 Å². The molecule has 0 radical (unpaired) electrons. The van der Waals surface area contributed by atoms with E-state index in [-0.39, 0.29) is 23.8 Å². The molecule has 7 saturated carbocycles. The predicted molar refractivity (Wildman–Crippen MR) is 117 cm³/mol. The first-order valence-electron chi connectivity index (χ1n) is 13.7. The molecule has 0 aromatic heterocycles. The summed E-state index contributed by atoms with van der Waals surface area (Å²) < 4.78 is 11.1. The van der Waals surface area contributed by atoms with Gasteiger partial charge in [-0.3, -0.25) is 9.59 Å². The van der Waals surface area contributed by atoms with Crippen molar-refractivity contribution in [3.05, 3.63) is 12.2 Å². The van der Waals surface area contributed by atoms with Gasteiger partial charge in [0.25, 0.3) is 0 Å². The topological polar surface area (TPSA) is 52.6 Å². The Morgan fingerprint density at radius 1 is 0.594 bits per heavy atom. The molecule has 4 heteroatoms. The van der Waals surface area contributed by atoms with Crippen LogP contribution in [0, 0.1) is 94.7 Å². The third-order valence-electron chi connectivity index (χ3n) is 12.5. The Balaban J connectivity index is 1.15. The van der Waals surface area contributed by atoms with Gasteiger partial charge in [0, 0.05) is 0 Å². The summed E-state index contributed by atoms with van der Waals surface area (Å²) in [5, 5.41) is 0. The fraction of sp³-hybridized carbons (Fsp3) is 0.857. The number of esters is 2. The maximum absolute atomic E-state index is 13.1. The van der Waals surface area contributed by atoms with E-state index in [1.54, 1.807) is 0 Å². The fourth-order valence-electron chi connectivity index (χ4n) is 12.6. The van der Waals surface area contributed by atoms with Crippen LogP contribution in [0.5, 0.6) is 0 Å². The summed E-state index contributed by atoms with van der Waals surface area (Å²) in [5.74, 6) is 10.3. The summed E-state index contributed by atoms with van der Waals surface area (Å²) in [5.41, 5.74) is 0. The van der Waals surface area contributed by atoms with Crippen LogP contribution in [0.4, 0.5) is 0 Å². The molecule has 0 saturated heterocycles. The minimum atomic E-state index is -0.255. The Morgan fingerprint density at radius 3 is 1.41 bits per heavy atom. The molecule has 8 aliphatic carbocycles. The molecule has 0 heterocycles. The van der Waals surface area contributed by atoms with E-state index in [4.69, 9.17) is 9.47 Å². The lowest BCUT2D eigenvalue weighted by atomic mass is 9.53. The van der Waals surface area contributed by atoms with Gasteiger partial charge in [0.1, 0.15) is 0 Å². The Hall–Kier alpha value is -1.32. The third-order valence-corrected chi connectivity index (χ3v) is 12.5. The van der Waals surface area contributed by atoms with Gasteiger partial charge in [0.05, 0.1) is 25.0 Å². The molecule has 4 nitrogen and oxygen atoms in total. The molecule has 0 N–H and O–H groups in total. The van der Waals surface area contributed by atoms with Gasteiger partial charge < -0.3 is 9.47 Å². The van der Waals surface area contributed by atoms with Gasteiger partial charge in [-0.1, -0.05) is 12.2 Å². The number of ether oxygens (including phenoxy) is 2. The van der Waals surface area contributed by atoms with Crippen molar-refractivity contribution < 1.29 is 19.1 Å². The maximum Gasteiger partial charge on any atom is 0.310 e. The molecule has 8 aliphatic rings. The number of allylic oxidation sites excluding steroid dienone is 2. The minimum absolute atomic E-state index is 0.123. The van der Waals surface area contributed by atoms with Crippen LogP contribution in [0.25, 0.3) is 0 Å². The van der Waals surface area contributed by atoms with Gasteiger partial charge in [-0.25, -0.2) is 0 Å². The van der Waals surface area contributed by atoms with Crippen LogP contribution in [0.3, 0.4) is 0 Å². The van der Waals surface area contributed by atoms with E-state index >= 15 is 0 Å². The maximum atomic E-state index is 13.1. The van der Waals surface area contributed by atoms with Crippen LogP contribution in [0.1, 0.15) is 39.5 Å². The third kappa shape index (κ3) is 1.97. The molecule has 0 aromatic rings. The van der Waals surface area contributed by atoms with Crippen LogP contribution in [-0.2, 0) is 19.1 Å². The van der Waals surface area contributed by atoms with Crippen molar-refractivity contribution >= 4 is 11.9 Å². The Labute approximate surface area is 190 Å². The highest BCUT2D eigenvalue weighted by atomic mass is 16.5. The summed E-state index contributed by atoms with van der Waals surface area (Å²) >= 11 is 0. The molecule has 172 valence electrons. The number of hydrogen-bond donors (Lipinski definition) is 0. The van der Waals surface area contributed by atoms with E-state index in [0.717, 1.165) is 65.6 Å². The second kappa shape index (κ2) is 6.21. The Bertz CT molecular complexity index is 841. The molecular weight excluding hydrogens is 400 g/mol. The molecule has 8 rings (SSSR count). The average molecular weight is 437 g/mol.